The molecular formula is C17H20N4O9S. The van der Waals surface area contributed by atoms with Crippen LogP contribution in [0, 0.1) is 0 Å². The minimum absolute atomic E-state index is 0.0296. The van der Waals surface area contributed by atoms with E-state index in [1.807, 2.05) is 0 Å². The van der Waals surface area contributed by atoms with Crippen LogP contribution in [0.15, 0.2) is 4.79 Å². The smallest absolute Gasteiger partial charge is 0.311 e. The molecule has 3 rings (SSSR count). The predicted molar refractivity (Wildman–Crippen MR) is 104 cm³/mol. The molecule has 1 aliphatic rings. The SMILES string of the molecule is CC(=O)OC[C@H]1O[C@@H](n2c(=O)sc3c(O)nc(N)nc32)[C@H](OC(C)=O)[C@@]1(C)OC(C)=O. The van der Waals surface area contributed by atoms with Crippen LogP contribution in [-0.4, -0.2) is 62.0 Å². The van der Waals surface area contributed by atoms with Crippen LogP contribution in [0.5, 0.6) is 5.88 Å². The highest BCUT2D eigenvalue weighted by atomic mass is 32.1. The molecule has 0 aliphatic carbocycles. The number of nitrogens with zero attached hydrogens (tertiary/aromatic N) is 3. The van der Waals surface area contributed by atoms with Gasteiger partial charge in [0.05, 0.1) is 0 Å². The van der Waals surface area contributed by atoms with Crippen LogP contribution in [0.2, 0.25) is 0 Å². The zero-order valence-corrected chi connectivity index (χ0v) is 17.8. The lowest BCUT2D eigenvalue weighted by atomic mass is 9.94. The highest BCUT2D eigenvalue weighted by Crippen LogP contribution is 2.43. The van der Waals surface area contributed by atoms with E-state index >= 15 is 0 Å². The van der Waals surface area contributed by atoms with Crippen LogP contribution >= 0.6 is 11.3 Å². The molecule has 1 aliphatic heterocycles. The van der Waals surface area contributed by atoms with Gasteiger partial charge in [-0.1, -0.05) is 11.3 Å². The van der Waals surface area contributed by atoms with Gasteiger partial charge in [-0.3, -0.25) is 23.7 Å². The van der Waals surface area contributed by atoms with Crippen molar-refractivity contribution in [3.63, 3.8) is 0 Å². The Hall–Kier alpha value is -3.26. The van der Waals surface area contributed by atoms with E-state index in [1.165, 1.54) is 13.8 Å². The van der Waals surface area contributed by atoms with Gasteiger partial charge in [-0.15, -0.1) is 0 Å². The van der Waals surface area contributed by atoms with Gasteiger partial charge < -0.3 is 29.8 Å². The fraction of sp³-hybridized carbons (Fsp3) is 0.529. The Kier molecular flexibility index (Phi) is 5.87. The molecule has 2 aromatic heterocycles. The number of aromatic nitrogens is 3. The van der Waals surface area contributed by atoms with Crippen molar-refractivity contribution in [2.45, 2.75) is 51.7 Å². The number of carbonyl (C=O) groups excluding carboxylic acids is 3. The summed E-state index contributed by atoms with van der Waals surface area (Å²) in [7, 11) is 0. The largest absolute Gasteiger partial charge is 0.492 e. The number of thiazole rings is 1. The molecular weight excluding hydrogens is 436 g/mol. The maximum absolute atomic E-state index is 12.8. The van der Waals surface area contributed by atoms with Crippen LogP contribution in [0.3, 0.4) is 0 Å². The first kappa shape index (κ1) is 22.4. The first-order valence-electron chi connectivity index (χ1n) is 8.97. The van der Waals surface area contributed by atoms with Crippen LogP contribution in [0.1, 0.15) is 33.9 Å². The van der Waals surface area contributed by atoms with Crippen molar-refractivity contribution in [2.24, 2.45) is 0 Å². The average molecular weight is 456 g/mol. The number of rotatable bonds is 5. The second-order valence-corrected chi connectivity index (χ2v) is 7.88. The van der Waals surface area contributed by atoms with Crippen LogP contribution in [-0.2, 0) is 33.3 Å². The number of nitrogen functional groups attached to an aromatic ring is 1. The van der Waals surface area contributed by atoms with Crippen molar-refractivity contribution in [1.82, 2.24) is 14.5 Å². The van der Waals surface area contributed by atoms with Crippen LogP contribution in [0.25, 0.3) is 10.3 Å². The van der Waals surface area contributed by atoms with E-state index in [4.69, 9.17) is 24.7 Å². The number of nitrogens with two attached hydrogens (primary N) is 1. The predicted octanol–water partition coefficient (Wildman–Crippen LogP) is -0.145. The number of fused-ring (bicyclic) bond motifs is 1. The zero-order valence-electron chi connectivity index (χ0n) is 17.0. The van der Waals surface area contributed by atoms with Crippen molar-refractivity contribution >= 4 is 45.5 Å². The van der Waals surface area contributed by atoms with Gasteiger partial charge in [0.1, 0.15) is 17.4 Å². The molecule has 31 heavy (non-hydrogen) atoms. The summed E-state index contributed by atoms with van der Waals surface area (Å²) in [6.45, 7) is 4.53. The molecule has 0 spiro atoms. The third-order valence-electron chi connectivity index (χ3n) is 4.58. The monoisotopic (exact) mass is 456 g/mol. The third-order valence-corrected chi connectivity index (χ3v) is 5.52. The van der Waals surface area contributed by atoms with Gasteiger partial charge in [0.25, 0.3) is 0 Å². The Morgan fingerprint density at radius 1 is 1.23 bits per heavy atom. The molecule has 0 amide bonds. The van der Waals surface area contributed by atoms with Crippen molar-refractivity contribution in [3.05, 3.63) is 9.67 Å². The fourth-order valence-electron chi connectivity index (χ4n) is 3.37. The first-order valence-corrected chi connectivity index (χ1v) is 9.78. The summed E-state index contributed by atoms with van der Waals surface area (Å²) in [6, 6.07) is 0. The summed E-state index contributed by atoms with van der Waals surface area (Å²) < 4.78 is 22.8. The van der Waals surface area contributed by atoms with Gasteiger partial charge in [-0.05, 0) is 6.92 Å². The van der Waals surface area contributed by atoms with Crippen molar-refractivity contribution < 1.29 is 38.4 Å². The molecule has 0 bridgehead atoms. The molecule has 3 N–H and O–H groups in total. The molecule has 0 saturated carbocycles. The Balaban J connectivity index is 2.18. The first-order chi connectivity index (χ1) is 14.4. The molecule has 1 saturated heterocycles. The molecule has 13 nitrogen and oxygen atoms in total. The van der Waals surface area contributed by atoms with Crippen LogP contribution < -0.4 is 10.6 Å². The standard InChI is InChI=1S/C17H20N4O9S/c1-6(22)27-5-9-17(4,30-8(3)24)11(28-7(2)23)14(29-9)21-12-10(31-16(21)26)13(25)20-15(18)19-12/h9,11,14H,5H2,1-4H3,(H3,18,19,20,25)/t9-,11+,14-,17+/m1/s1. The molecule has 4 atom stereocenters. The molecule has 2 aromatic rings. The van der Waals surface area contributed by atoms with Crippen LogP contribution in [0.4, 0.5) is 5.95 Å². The molecule has 1 fully saturated rings. The maximum Gasteiger partial charge on any atom is 0.311 e. The second-order valence-electron chi connectivity index (χ2n) is 6.92. The lowest BCUT2D eigenvalue weighted by Crippen LogP contribution is -2.52. The molecule has 168 valence electrons. The van der Waals surface area contributed by atoms with Gasteiger partial charge in [-0.2, -0.15) is 9.97 Å². The summed E-state index contributed by atoms with van der Waals surface area (Å²) in [4.78, 5) is 54.7. The number of ether oxygens (including phenoxy) is 4. The number of hydrogen-bond donors (Lipinski definition) is 2. The van der Waals surface area contributed by atoms with Gasteiger partial charge in [0, 0.05) is 20.8 Å². The Morgan fingerprint density at radius 2 is 1.90 bits per heavy atom. The van der Waals surface area contributed by atoms with Gasteiger partial charge >= 0.3 is 22.8 Å². The van der Waals surface area contributed by atoms with E-state index < -0.39 is 52.7 Å². The van der Waals surface area contributed by atoms with Crippen molar-refractivity contribution in [1.29, 1.82) is 0 Å². The van der Waals surface area contributed by atoms with E-state index in [2.05, 4.69) is 9.97 Å². The molecule has 0 aromatic carbocycles. The summed E-state index contributed by atoms with van der Waals surface area (Å²) in [6.07, 6.45) is -3.78. The molecule has 0 radical (unpaired) electrons. The summed E-state index contributed by atoms with van der Waals surface area (Å²) in [5.74, 6) is -2.90. The van der Waals surface area contributed by atoms with Gasteiger partial charge in [0.15, 0.2) is 23.6 Å². The van der Waals surface area contributed by atoms with E-state index in [9.17, 15) is 24.3 Å². The average Bonchev–Trinajstić information content (AvgIpc) is 3.07. The molecule has 0 unspecified atom stereocenters. The zero-order chi connectivity index (χ0) is 23.1. The topological polar surface area (TPSA) is 182 Å². The van der Waals surface area contributed by atoms with Crippen molar-refractivity contribution in [2.75, 3.05) is 12.3 Å². The van der Waals surface area contributed by atoms with Gasteiger partial charge in [-0.25, -0.2) is 0 Å². The number of aromatic hydroxyl groups is 1. The number of carbonyl (C=O) groups is 3. The van der Waals surface area contributed by atoms with Crippen molar-refractivity contribution in [3.8, 4) is 5.88 Å². The normalized spacial score (nSPS) is 25.4. The fourth-order valence-corrected chi connectivity index (χ4v) is 4.20. The van der Waals surface area contributed by atoms with E-state index in [0.29, 0.717) is 11.3 Å². The Bertz CT molecular complexity index is 1110. The highest BCUT2D eigenvalue weighted by molar-refractivity contribution is 7.16. The minimum Gasteiger partial charge on any atom is -0.492 e. The summed E-state index contributed by atoms with van der Waals surface area (Å²) >= 11 is 0.619. The maximum atomic E-state index is 12.8. The Labute approximate surface area is 178 Å². The molecule has 14 heteroatoms. The minimum atomic E-state index is -1.63. The van der Waals surface area contributed by atoms with E-state index in [1.54, 1.807) is 0 Å². The quantitative estimate of drug-likeness (QED) is 0.449. The number of hydrogen-bond acceptors (Lipinski definition) is 13. The second kappa shape index (κ2) is 8.11. The summed E-state index contributed by atoms with van der Waals surface area (Å²) in [5, 5.41) is 10.0. The lowest BCUT2D eigenvalue weighted by Gasteiger charge is -2.33. The number of anilines is 1. The van der Waals surface area contributed by atoms with E-state index in [0.717, 1.165) is 18.4 Å². The number of esters is 3. The Morgan fingerprint density at radius 3 is 2.48 bits per heavy atom. The molecule has 3 heterocycles. The highest BCUT2D eigenvalue weighted by Gasteiger charge is 2.60. The lowest BCUT2D eigenvalue weighted by molar-refractivity contribution is -0.183. The summed E-state index contributed by atoms with van der Waals surface area (Å²) in [5.41, 5.74) is 3.90. The van der Waals surface area contributed by atoms with E-state index in [-0.39, 0.29) is 22.9 Å². The van der Waals surface area contributed by atoms with Gasteiger partial charge in [0.2, 0.25) is 11.8 Å². The third kappa shape index (κ3) is 4.16.